The molecule has 1 aromatic carbocycles. The van der Waals surface area contributed by atoms with Gasteiger partial charge in [0, 0.05) is 18.0 Å². The number of nitrogens with zero attached hydrogens (tertiary/aromatic N) is 1. The molecule has 8 heteroatoms. The molecule has 3 N–H and O–H groups in total. The van der Waals surface area contributed by atoms with E-state index in [-0.39, 0.29) is 17.0 Å². The molecule has 0 radical (unpaired) electrons. The van der Waals surface area contributed by atoms with Crippen LogP contribution in [0.15, 0.2) is 36.7 Å². The SMILES string of the molecule is COc1cc(C(=O)Nc2ccncc2C(F)(F)F)ccc1N. The van der Waals surface area contributed by atoms with E-state index in [0.29, 0.717) is 11.9 Å². The van der Waals surface area contributed by atoms with E-state index in [1.807, 2.05) is 0 Å². The van der Waals surface area contributed by atoms with Crippen LogP contribution in [-0.4, -0.2) is 18.0 Å². The highest BCUT2D eigenvalue weighted by molar-refractivity contribution is 6.05. The maximum Gasteiger partial charge on any atom is 0.419 e. The van der Waals surface area contributed by atoms with E-state index < -0.39 is 17.6 Å². The number of halogens is 3. The van der Waals surface area contributed by atoms with Crippen molar-refractivity contribution in [1.29, 1.82) is 0 Å². The van der Waals surface area contributed by atoms with Crippen LogP contribution in [0.5, 0.6) is 5.75 Å². The van der Waals surface area contributed by atoms with Crippen molar-refractivity contribution in [2.45, 2.75) is 6.18 Å². The lowest BCUT2D eigenvalue weighted by Gasteiger charge is -2.13. The Balaban J connectivity index is 2.30. The zero-order chi connectivity index (χ0) is 16.3. The Morgan fingerprint density at radius 2 is 2.05 bits per heavy atom. The molecule has 0 fully saturated rings. The molecule has 2 aromatic rings. The summed E-state index contributed by atoms with van der Waals surface area (Å²) >= 11 is 0. The van der Waals surface area contributed by atoms with E-state index in [1.165, 1.54) is 25.3 Å². The number of hydrogen-bond donors (Lipinski definition) is 2. The molecule has 22 heavy (non-hydrogen) atoms. The molecule has 0 aliphatic heterocycles. The second-order valence-corrected chi connectivity index (χ2v) is 4.33. The van der Waals surface area contributed by atoms with Gasteiger partial charge in [-0.2, -0.15) is 13.2 Å². The van der Waals surface area contributed by atoms with Gasteiger partial charge in [0.25, 0.3) is 5.91 Å². The van der Waals surface area contributed by atoms with E-state index >= 15 is 0 Å². The van der Waals surface area contributed by atoms with Crippen molar-refractivity contribution >= 4 is 17.3 Å². The number of nitrogens with two attached hydrogens (primary N) is 1. The molecule has 0 spiro atoms. The number of carbonyl (C=O) groups is 1. The number of benzene rings is 1. The van der Waals surface area contributed by atoms with E-state index in [2.05, 4.69) is 10.3 Å². The second kappa shape index (κ2) is 5.92. The molecular formula is C14H12F3N3O2. The van der Waals surface area contributed by atoms with Gasteiger partial charge in [0.15, 0.2) is 0 Å². The highest BCUT2D eigenvalue weighted by atomic mass is 19.4. The average Bonchev–Trinajstić information content (AvgIpc) is 2.47. The molecular weight excluding hydrogens is 299 g/mol. The van der Waals surface area contributed by atoms with Gasteiger partial charge in [-0.1, -0.05) is 0 Å². The molecule has 1 heterocycles. The minimum Gasteiger partial charge on any atom is -0.495 e. The van der Waals surface area contributed by atoms with Gasteiger partial charge >= 0.3 is 6.18 Å². The van der Waals surface area contributed by atoms with Crippen LogP contribution in [0.4, 0.5) is 24.5 Å². The van der Waals surface area contributed by atoms with Crippen molar-refractivity contribution in [3.63, 3.8) is 0 Å². The van der Waals surface area contributed by atoms with Crippen LogP contribution in [0, 0.1) is 0 Å². The van der Waals surface area contributed by atoms with Crippen molar-refractivity contribution in [2.24, 2.45) is 0 Å². The number of amides is 1. The maximum absolute atomic E-state index is 12.8. The van der Waals surface area contributed by atoms with Crippen molar-refractivity contribution in [3.8, 4) is 5.75 Å². The first-order valence-corrected chi connectivity index (χ1v) is 6.09. The molecule has 0 aliphatic rings. The normalized spacial score (nSPS) is 11.1. The van der Waals surface area contributed by atoms with Crippen LogP contribution in [-0.2, 0) is 6.18 Å². The van der Waals surface area contributed by atoms with Crippen LogP contribution in [0.25, 0.3) is 0 Å². The monoisotopic (exact) mass is 311 g/mol. The number of aromatic nitrogens is 1. The summed E-state index contributed by atoms with van der Waals surface area (Å²) in [6.07, 6.45) is -2.80. The standard InChI is InChI=1S/C14H12F3N3O2/c1-22-12-6-8(2-3-10(12)18)13(21)20-11-4-5-19-7-9(11)14(15,16)17/h2-7H,18H2,1H3,(H,19,20,21). The molecule has 0 saturated heterocycles. The van der Waals surface area contributed by atoms with E-state index in [1.54, 1.807) is 0 Å². The summed E-state index contributed by atoms with van der Waals surface area (Å²) in [5.41, 5.74) is 4.67. The van der Waals surface area contributed by atoms with Crippen LogP contribution in [0.1, 0.15) is 15.9 Å². The van der Waals surface area contributed by atoms with Crippen LogP contribution < -0.4 is 15.8 Å². The van der Waals surface area contributed by atoms with Crippen molar-refractivity contribution in [2.75, 3.05) is 18.2 Å². The predicted molar refractivity (Wildman–Crippen MR) is 74.6 cm³/mol. The van der Waals surface area contributed by atoms with Crippen molar-refractivity contribution in [3.05, 3.63) is 47.8 Å². The summed E-state index contributed by atoms with van der Waals surface area (Å²) < 4.78 is 43.5. The molecule has 116 valence electrons. The first kappa shape index (κ1) is 15.6. The summed E-state index contributed by atoms with van der Waals surface area (Å²) in [6, 6.07) is 5.25. The van der Waals surface area contributed by atoms with Crippen LogP contribution in [0.3, 0.4) is 0 Å². The van der Waals surface area contributed by atoms with Gasteiger partial charge in [-0.25, -0.2) is 0 Å². The number of methoxy groups -OCH3 is 1. The Morgan fingerprint density at radius 1 is 1.32 bits per heavy atom. The summed E-state index contributed by atoms with van der Waals surface area (Å²) in [6.45, 7) is 0. The van der Waals surface area contributed by atoms with Crippen LogP contribution in [0.2, 0.25) is 0 Å². The average molecular weight is 311 g/mol. The zero-order valence-electron chi connectivity index (χ0n) is 11.4. The Morgan fingerprint density at radius 3 is 2.68 bits per heavy atom. The number of pyridine rings is 1. The third-order valence-electron chi connectivity index (χ3n) is 2.87. The lowest BCUT2D eigenvalue weighted by molar-refractivity contribution is -0.137. The minimum atomic E-state index is -4.62. The Bertz CT molecular complexity index is 702. The number of carbonyl (C=O) groups excluding carboxylic acids is 1. The lowest BCUT2D eigenvalue weighted by Crippen LogP contribution is -2.17. The Hall–Kier alpha value is -2.77. The number of rotatable bonds is 3. The van der Waals surface area contributed by atoms with E-state index in [9.17, 15) is 18.0 Å². The quantitative estimate of drug-likeness (QED) is 0.854. The molecule has 0 atom stereocenters. The highest BCUT2D eigenvalue weighted by Crippen LogP contribution is 2.34. The molecule has 0 saturated carbocycles. The smallest absolute Gasteiger partial charge is 0.419 e. The first-order valence-electron chi connectivity index (χ1n) is 6.09. The number of nitrogens with one attached hydrogen (secondary N) is 1. The fraction of sp³-hybridized carbons (Fsp3) is 0.143. The molecule has 0 bridgehead atoms. The van der Waals surface area contributed by atoms with Gasteiger partial charge in [-0.05, 0) is 24.3 Å². The molecule has 0 aliphatic carbocycles. The van der Waals surface area contributed by atoms with E-state index in [0.717, 1.165) is 12.3 Å². The van der Waals surface area contributed by atoms with Gasteiger partial charge in [0.1, 0.15) is 5.75 Å². The number of nitrogen functional groups attached to an aromatic ring is 1. The summed E-state index contributed by atoms with van der Waals surface area (Å²) in [5.74, 6) is -0.451. The lowest BCUT2D eigenvalue weighted by atomic mass is 10.1. The fourth-order valence-electron chi connectivity index (χ4n) is 1.78. The largest absolute Gasteiger partial charge is 0.495 e. The number of ether oxygens (including phenoxy) is 1. The summed E-state index contributed by atoms with van der Waals surface area (Å²) in [4.78, 5) is 15.5. The van der Waals surface area contributed by atoms with Crippen LogP contribution >= 0.6 is 0 Å². The van der Waals surface area contributed by atoms with Gasteiger partial charge in [0.2, 0.25) is 0 Å². The fourth-order valence-corrected chi connectivity index (χ4v) is 1.78. The molecule has 1 amide bonds. The summed E-state index contributed by atoms with van der Waals surface area (Å²) in [7, 11) is 1.37. The number of hydrogen-bond acceptors (Lipinski definition) is 4. The van der Waals surface area contributed by atoms with Gasteiger partial charge in [0.05, 0.1) is 24.0 Å². The third-order valence-corrected chi connectivity index (χ3v) is 2.87. The molecule has 5 nitrogen and oxygen atoms in total. The Labute approximate surface area is 123 Å². The highest BCUT2D eigenvalue weighted by Gasteiger charge is 2.34. The molecule has 0 unspecified atom stereocenters. The minimum absolute atomic E-state index is 0.121. The summed E-state index contributed by atoms with van der Waals surface area (Å²) in [5, 5.41) is 2.21. The first-order chi connectivity index (χ1) is 10.3. The van der Waals surface area contributed by atoms with Gasteiger partial charge in [-0.3, -0.25) is 9.78 Å². The second-order valence-electron chi connectivity index (χ2n) is 4.33. The van der Waals surface area contributed by atoms with E-state index in [4.69, 9.17) is 10.5 Å². The number of anilines is 2. The third kappa shape index (κ3) is 3.27. The van der Waals surface area contributed by atoms with Gasteiger partial charge < -0.3 is 15.8 Å². The Kier molecular flexibility index (Phi) is 4.20. The van der Waals surface area contributed by atoms with Gasteiger partial charge in [-0.15, -0.1) is 0 Å². The number of alkyl halides is 3. The predicted octanol–water partition coefficient (Wildman–Crippen LogP) is 2.94. The molecule has 1 aromatic heterocycles. The molecule has 2 rings (SSSR count). The topological polar surface area (TPSA) is 77.2 Å². The van der Waals surface area contributed by atoms with Crippen molar-refractivity contribution in [1.82, 2.24) is 4.98 Å². The maximum atomic E-state index is 12.8. The zero-order valence-corrected chi connectivity index (χ0v) is 11.4. The van der Waals surface area contributed by atoms with Crippen molar-refractivity contribution < 1.29 is 22.7 Å².